The van der Waals surface area contributed by atoms with E-state index in [1.807, 2.05) is 0 Å². The number of esters is 1. The van der Waals surface area contributed by atoms with Crippen LogP contribution in [0.1, 0.15) is 5.56 Å². The monoisotopic (exact) mass is 280 g/mol. The van der Waals surface area contributed by atoms with E-state index >= 15 is 0 Å². The molecule has 0 bridgehead atoms. The molecule has 1 saturated heterocycles. The number of ether oxygens (including phenoxy) is 2. The average Bonchev–Trinajstić information content (AvgIpc) is 2.46. The number of nitro groups is 1. The molecule has 1 aromatic carbocycles. The Morgan fingerprint density at radius 1 is 1.55 bits per heavy atom. The van der Waals surface area contributed by atoms with Crippen LogP contribution < -0.4 is 4.90 Å². The van der Waals surface area contributed by atoms with E-state index in [2.05, 4.69) is 0 Å². The van der Waals surface area contributed by atoms with Gasteiger partial charge in [-0.05, 0) is 18.6 Å². The van der Waals surface area contributed by atoms with Gasteiger partial charge in [0.05, 0.1) is 25.2 Å². The number of nitrogens with zero attached hydrogens (tertiary/aromatic N) is 2. The molecular formula is C13H16N2O5. The highest BCUT2D eigenvalue weighted by Gasteiger charge is 2.33. The number of morpholine rings is 1. The SMILES string of the molecule is COC(=O)C1COCCN1c1ccc(C)cc1[N+](=O)[O-]. The maximum atomic E-state index is 11.8. The van der Waals surface area contributed by atoms with Gasteiger partial charge < -0.3 is 14.4 Å². The summed E-state index contributed by atoms with van der Waals surface area (Å²) in [4.78, 5) is 24.2. The molecule has 2 rings (SSSR count). The lowest BCUT2D eigenvalue weighted by molar-refractivity contribution is -0.384. The predicted octanol–water partition coefficient (Wildman–Crippen LogP) is 1.28. The van der Waals surface area contributed by atoms with Gasteiger partial charge in [-0.15, -0.1) is 0 Å². The van der Waals surface area contributed by atoms with Crippen LogP contribution in [0.2, 0.25) is 0 Å². The Balaban J connectivity index is 2.42. The number of hydrogen-bond donors (Lipinski definition) is 0. The van der Waals surface area contributed by atoms with E-state index in [-0.39, 0.29) is 12.3 Å². The Morgan fingerprint density at radius 3 is 2.95 bits per heavy atom. The highest BCUT2D eigenvalue weighted by atomic mass is 16.6. The first-order valence-corrected chi connectivity index (χ1v) is 6.22. The van der Waals surface area contributed by atoms with Gasteiger partial charge in [-0.2, -0.15) is 0 Å². The molecule has 1 fully saturated rings. The van der Waals surface area contributed by atoms with Gasteiger partial charge >= 0.3 is 5.97 Å². The van der Waals surface area contributed by atoms with Crippen LogP contribution in [-0.2, 0) is 14.3 Å². The van der Waals surface area contributed by atoms with Crippen molar-refractivity contribution in [2.75, 3.05) is 31.8 Å². The van der Waals surface area contributed by atoms with Crippen LogP contribution in [0.3, 0.4) is 0 Å². The normalized spacial score (nSPS) is 18.7. The van der Waals surface area contributed by atoms with Crippen molar-refractivity contribution in [1.82, 2.24) is 0 Å². The van der Waals surface area contributed by atoms with E-state index < -0.39 is 16.9 Å². The average molecular weight is 280 g/mol. The molecule has 0 N–H and O–H groups in total. The number of hydrogen-bond acceptors (Lipinski definition) is 6. The van der Waals surface area contributed by atoms with Crippen LogP contribution in [0.4, 0.5) is 11.4 Å². The Morgan fingerprint density at radius 2 is 2.30 bits per heavy atom. The van der Waals surface area contributed by atoms with Crippen LogP contribution in [0.25, 0.3) is 0 Å². The van der Waals surface area contributed by atoms with E-state index in [4.69, 9.17) is 9.47 Å². The van der Waals surface area contributed by atoms with Crippen molar-refractivity contribution in [1.29, 1.82) is 0 Å². The molecule has 1 atom stereocenters. The standard InChI is InChI=1S/C13H16N2O5/c1-9-3-4-10(11(7-9)15(17)18)14-5-6-20-8-12(14)13(16)19-2/h3-4,7,12H,5-6,8H2,1-2H3. The topological polar surface area (TPSA) is 81.9 Å². The first-order chi connectivity index (χ1) is 9.54. The largest absolute Gasteiger partial charge is 0.467 e. The smallest absolute Gasteiger partial charge is 0.330 e. The summed E-state index contributed by atoms with van der Waals surface area (Å²) in [5, 5.41) is 11.2. The van der Waals surface area contributed by atoms with Crippen molar-refractivity contribution in [3.8, 4) is 0 Å². The molecule has 0 radical (unpaired) electrons. The van der Waals surface area contributed by atoms with Crippen molar-refractivity contribution in [2.45, 2.75) is 13.0 Å². The Hall–Kier alpha value is -2.15. The maximum Gasteiger partial charge on any atom is 0.330 e. The van der Waals surface area contributed by atoms with Gasteiger partial charge in [0, 0.05) is 12.6 Å². The maximum absolute atomic E-state index is 11.8. The van der Waals surface area contributed by atoms with Crippen LogP contribution in [0, 0.1) is 17.0 Å². The summed E-state index contributed by atoms with van der Waals surface area (Å²) in [7, 11) is 1.29. The summed E-state index contributed by atoms with van der Waals surface area (Å²) in [6, 6.07) is 4.29. The molecule has 20 heavy (non-hydrogen) atoms. The van der Waals surface area contributed by atoms with E-state index in [0.29, 0.717) is 18.8 Å². The van der Waals surface area contributed by atoms with Crippen molar-refractivity contribution in [2.24, 2.45) is 0 Å². The molecule has 108 valence electrons. The molecular weight excluding hydrogens is 264 g/mol. The van der Waals surface area contributed by atoms with Crippen LogP contribution in [0.5, 0.6) is 0 Å². The summed E-state index contributed by atoms with van der Waals surface area (Å²) >= 11 is 0. The fourth-order valence-electron chi connectivity index (χ4n) is 2.25. The second-order valence-corrected chi connectivity index (χ2v) is 4.56. The zero-order chi connectivity index (χ0) is 14.7. The molecule has 0 aromatic heterocycles. The quantitative estimate of drug-likeness (QED) is 0.471. The molecule has 1 aromatic rings. The van der Waals surface area contributed by atoms with Gasteiger partial charge in [0.2, 0.25) is 0 Å². The number of rotatable bonds is 3. The molecule has 1 aliphatic rings. The van der Waals surface area contributed by atoms with E-state index in [1.165, 1.54) is 13.2 Å². The minimum Gasteiger partial charge on any atom is -0.467 e. The van der Waals surface area contributed by atoms with Crippen molar-refractivity contribution in [3.63, 3.8) is 0 Å². The van der Waals surface area contributed by atoms with Crippen molar-refractivity contribution >= 4 is 17.3 Å². The zero-order valence-corrected chi connectivity index (χ0v) is 11.4. The number of carbonyl (C=O) groups is 1. The first-order valence-electron chi connectivity index (χ1n) is 6.22. The lowest BCUT2D eigenvalue weighted by atomic mass is 10.1. The Bertz CT molecular complexity index is 531. The lowest BCUT2D eigenvalue weighted by Gasteiger charge is -2.35. The van der Waals surface area contributed by atoms with E-state index in [1.54, 1.807) is 24.0 Å². The predicted molar refractivity (Wildman–Crippen MR) is 71.8 cm³/mol. The van der Waals surface area contributed by atoms with Crippen LogP contribution >= 0.6 is 0 Å². The third kappa shape index (κ3) is 2.72. The summed E-state index contributed by atoms with van der Waals surface area (Å²) in [5.41, 5.74) is 1.20. The number of nitro benzene ring substituents is 1. The molecule has 0 amide bonds. The van der Waals surface area contributed by atoms with Gasteiger partial charge in [-0.25, -0.2) is 4.79 Å². The summed E-state index contributed by atoms with van der Waals surface area (Å²) in [6.45, 7) is 2.77. The number of anilines is 1. The molecule has 1 heterocycles. The second-order valence-electron chi connectivity index (χ2n) is 4.56. The molecule has 7 nitrogen and oxygen atoms in total. The number of benzene rings is 1. The highest BCUT2D eigenvalue weighted by Crippen LogP contribution is 2.31. The van der Waals surface area contributed by atoms with Gasteiger partial charge in [-0.1, -0.05) is 6.07 Å². The fraction of sp³-hybridized carbons (Fsp3) is 0.462. The Kier molecular flexibility index (Phi) is 4.19. The van der Waals surface area contributed by atoms with Crippen LogP contribution in [-0.4, -0.2) is 43.8 Å². The van der Waals surface area contributed by atoms with Crippen LogP contribution in [0.15, 0.2) is 18.2 Å². The number of carbonyl (C=O) groups excluding carboxylic acids is 1. The minimum absolute atomic E-state index is 0.0131. The third-order valence-corrected chi connectivity index (χ3v) is 3.24. The molecule has 1 aliphatic heterocycles. The number of aryl methyl sites for hydroxylation is 1. The number of methoxy groups -OCH3 is 1. The second kappa shape index (κ2) is 5.87. The first kappa shape index (κ1) is 14.3. The van der Waals surface area contributed by atoms with Crippen molar-refractivity contribution in [3.05, 3.63) is 33.9 Å². The fourth-order valence-corrected chi connectivity index (χ4v) is 2.25. The molecule has 0 aliphatic carbocycles. The molecule has 0 saturated carbocycles. The minimum atomic E-state index is -0.657. The Labute approximate surface area is 116 Å². The summed E-state index contributed by atoms with van der Waals surface area (Å²) < 4.78 is 10.0. The van der Waals surface area contributed by atoms with Crippen molar-refractivity contribution < 1.29 is 19.2 Å². The summed E-state index contributed by atoms with van der Waals surface area (Å²) in [5.74, 6) is -0.459. The third-order valence-electron chi connectivity index (χ3n) is 3.24. The zero-order valence-electron chi connectivity index (χ0n) is 11.4. The molecule has 7 heteroatoms. The van der Waals surface area contributed by atoms with Gasteiger partial charge in [0.1, 0.15) is 5.69 Å². The molecule has 1 unspecified atom stereocenters. The van der Waals surface area contributed by atoms with Gasteiger partial charge in [0.15, 0.2) is 6.04 Å². The van der Waals surface area contributed by atoms with Gasteiger partial charge in [0.25, 0.3) is 5.69 Å². The highest BCUT2D eigenvalue weighted by molar-refractivity contribution is 5.82. The van der Waals surface area contributed by atoms with E-state index in [9.17, 15) is 14.9 Å². The summed E-state index contributed by atoms with van der Waals surface area (Å²) in [6.07, 6.45) is 0. The van der Waals surface area contributed by atoms with Gasteiger partial charge in [-0.3, -0.25) is 10.1 Å². The van der Waals surface area contributed by atoms with E-state index in [0.717, 1.165) is 5.56 Å². The molecule has 0 spiro atoms. The lowest BCUT2D eigenvalue weighted by Crippen LogP contribution is -2.50.